The van der Waals surface area contributed by atoms with Crippen LogP contribution in [0.3, 0.4) is 0 Å². The van der Waals surface area contributed by atoms with Crippen LogP contribution < -0.4 is 10.4 Å². The fourth-order valence-electron chi connectivity index (χ4n) is 3.20. The van der Waals surface area contributed by atoms with Gasteiger partial charge in [-0.05, 0) is 27.8 Å². The molecule has 0 amide bonds. The largest absolute Gasteiger partial charge is 0.407 e. The predicted molar refractivity (Wildman–Crippen MR) is 91.6 cm³/mol. The Morgan fingerprint density at radius 2 is 1.38 bits per heavy atom. The lowest BCUT2D eigenvalue weighted by Crippen LogP contribution is -2.65. The van der Waals surface area contributed by atoms with Gasteiger partial charge in [0.1, 0.15) is 0 Å². The minimum atomic E-state index is -2.09. The summed E-state index contributed by atoms with van der Waals surface area (Å²) in [5.74, 6) is 0.665. The van der Waals surface area contributed by atoms with E-state index in [1.54, 1.807) is 0 Å². The zero-order chi connectivity index (χ0) is 14.9. The van der Waals surface area contributed by atoms with Crippen LogP contribution in [0, 0.1) is 11.3 Å². The fourth-order valence-corrected chi connectivity index (χ4v) is 7.95. The van der Waals surface area contributed by atoms with E-state index in [4.69, 9.17) is 4.43 Å². The molecule has 3 rings (SSSR count). The van der Waals surface area contributed by atoms with E-state index in [1.165, 1.54) is 10.4 Å². The van der Waals surface area contributed by atoms with E-state index in [1.807, 2.05) is 0 Å². The number of hydrogen-bond donors (Lipinski definition) is 0. The molecule has 110 valence electrons. The highest BCUT2D eigenvalue weighted by Crippen LogP contribution is 2.39. The molecule has 0 saturated carbocycles. The molecule has 1 nitrogen and oxygen atoms in total. The molecule has 0 bridgehead atoms. The van der Waals surface area contributed by atoms with Gasteiger partial charge in [0.2, 0.25) is 0 Å². The van der Waals surface area contributed by atoms with Crippen molar-refractivity contribution < 1.29 is 4.43 Å². The maximum Gasteiger partial charge on any atom is 0.256 e. The van der Waals surface area contributed by atoms with Gasteiger partial charge in [0.15, 0.2) is 0 Å². The van der Waals surface area contributed by atoms with Crippen molar-refractivity contribution in [3.05, 3.63) is 60.7 Å². The van der Waals surface area contributed by atoms with Gasteiger partial charge in [0.25, 0.3) is 8.32 Å². The molecule has 1 atom stereocenters. The van der Waals surface area contributed by atoms with Crippen LogP contribution in [0.5, 0.6) is 0 Å². The zero-order valence-electron chi connectivity index (χ0n) is 13.2. The number of hydrogen-bond acceptors (Lipinski definition) is 1. The van der Waals surface area contributed by atoms with Crippen LogP contribution in [0.1, 0.15) is 20.8 Å². The Bertz CT molecular complexity index is 552. The van der Waals surface area contributed by atoms with E-state index < -0.39 is 8.32 Å². The summed E-state index contributed by atoms with van der Waals surface area (Å²) < 4.78 is 6.66. The van der Waals surface area contributed by atoms with Gasteiger partial charge in [0, 0.05) is 6.61 Å². The summed E-state index contributed by atoms with van der Waals surface area (Å²) in [5, 5.41) is 2.80. The molecule has 2 aromatic rings. The average Bonchev–Trinajstić information content (AvgIpc) is 2.52. The lowest BCUT2D eigenvalue weighted by Gasteiger charge is -2.46. The highest BCUT2D eigenvalue weighted by molar-refractivity contribution is 6.97. The van der Waals surface area contributed by atoms with Gasteiger partial charge in [-0.3, -0.25) is 0 Å². The second kappa shape index (κ2) is 5.43. The van der Waals surface area contributed by atoms with Gasteiger partial charge in [0.05, 0.1) is 0 Å². The van der Waals surface area contributed by atoms with E-state index >= 15 is 0 Å². The molecule has 1 aliphatic heterocycles. The van der Waals surface area contributed by atoms with Gasteiger partial charge in [-0.25, -0.2) is 0 Å². The first-order chi connectivity index (χ1) is 10.0. The molecule has 2 aromatic carbocycles. The number of benzene rings is 2. The van der Waals surface area contributed by atoms with Crippen LogP contribution in [0.25, 0.3) is 0 Å². The summed E-state index contributed by atoms with van der Waals surface area (Å²) in [4.78, 5) is 0. The molecule has 0 aromatic heterocycles. The SMILES string of the molecule is CC1C[Si](c2ccccc2)(c2ccccc2)OCC1(C)C. The third kappa shape index (κ3) is 2.58. The first-order valence-electron chi connectivity index (χ1n) is 7.80. The normalized spacial score (nSPS) is 23.7. The lowest BCUT2D eigenvalue weighted by molar-refractivity contribution is 0.0961. The van der Waals surface area contributed by atoms with Crippen molar-refractivity contribution in [2.75, 3.05) is 6.61 Å². The van der Waals surface area contributed by atoms with Gasteiger partial charge in [-0.2, -0.15) is 0 Å². The smallest absolute Gasteiger partial charge is 0.256 e. The molecule has 0 aliphatic carbocycles. The van der Waals surface area contributed by atoms with Crippen molar-refractivity contribution in [2.45, 2.75) is 26.8 Å². The van der Waals surface area contributed by atoms with E-state index in [9.17, 15) is 0 Å². The van der Waals surface area contributed by atoms with Crippen molar-refractivity contribution in [2.24, 2.45) is 11.3 Å². The topological polar surface area (TPSA) is 9.23 Å². The van der Waals surface area contributed by atoms with Crippen molar-refractivity contribution in [3.63, 3.8) is 0 Å². The van der Waals surface area contributed by atoms with Gasteiger partial charge >= 0.3 is 0 Å². The molecule has 1 saturated heterocycles. The highest BCUT2D eigenvalue weighted by atomic mass is 28.4. The van der Waals surface area contributed by atoms with Crippen molar-refractivity contribution in [1.82, 2.24) is 0 Å². The van der Waals surface area contributed by atoms with Crippen LogP contribution in [-0.4, -0.2) is 14.9 Å². The molecule has 2 heteroatoms. The van der Waals surface area contributed by atoms with Gasteiger partial charge < -0.3 is 4.43 Å². The van der Waals surface area contributed by atoms with E-state index in [0.29, 0.717) is 5.92 Å². The summed E-state index contributed by atoms with van der Waals surface area (Å²) in [6.45, 7) is 7.89. The maximum absolute atomic E-state index is 6.66. The molecule has 1 heterocycles. The van der Waals surface area contributed by atoms with Crippen LogP contribution in [0.4, 0.5) is 0 Å². The second-order valence-electron chi connectivity index (χ2n) is 6.94. The predicted octanol–water partition coefficient (Wildman–Crippen LogP) is 3.44. The number of rotatable bonds is 2. The van der Waals surface area contributed by atoms with Crippen molar-refractivity contribution >= 4 is 18.7 Å². The molecule has 0 radical (unpaired) electrons. The van der Waals surface area contributed by atoms with Gasteiger partial charge in [-0.1, -0.05) is 81.4 Å². The van der Waals surface area contributed by atoms with Crippen molar-refractivity contribution in [3.8, 4) is 0 Å². The zero-order valence-corrected chi connectivity index (χ0v) is 14.2. The summed E-state index contributed by atoms with van der Waals surface area (Å²) in [6.07, 6.45) is 0. The Morgan fingerprint density at radius 1 is 0.905 bits per heavy atom. The molecular weight excluding hydrogens is 272 g/mol. The second-order valence-corrected chi connectivity index (χ2v) is 10.4. The lowest BCUT2D eigenvalue weighted by atomic mass is 9.82. The van der Waals surface area contributed by atoms with Crippen molar-refractivity contribution in [1.29, 1.82) is 0 Å². The minimum absolute atomic E-state index is 0.264. The Hall–Kier alpha value is -1.38. The van der Waals surface area contributed by atoms with E-state index in [-0.39, 0.29) is 5.41 Å². The van der Waals surface area contributed by atoms with Crippen LogP contribution in [0.15, 0.2) is 60.7 Å². The summed E-state index contributed by atoms with van der Waals surface area (Å²) in [7, 11) is -2.09. The van der Waals surface area contributed by atoms with Gasteiger partial charge in [-0.15, -0.1) is 0 Å². The minimum Gasteiger partial charge on any atom is -0.407 e. The highest BCUT2D eigenvalue weighted by Gasteiger charge is 2.48. The first kappa shape index (κ1) is 14.5. The van der Waals surface area contributed by atoms with E-state index in [0.717, 1.165) is 12.7 Å². The van der Waals surface area contributed by atoms with Crippen LogP contribution in [-0.2, 0) is 4.43 Å². The standard InChI is InChI=1S/C19H24OSi/c1-16-14-21(20-15-19(16,2)3,17-10-6-4-7-11-17)18-12-8-5-9-13-18/h4-13,16H,14-15H2,1-3H3. The van der Waals surface area contributed by atoms with Crippen LogP contribution >= 0.6 is 0 Å². The Kier molecular flexibility index (Phi) is 3.76. The Labute approximate surface area is 129 Å². The monoisotopic (exact) mass is 296 g/mol. The molecular formula is C19H24OSi. The quantitative estimate of drug-likeness (QED) is 0.771. The third-order valence-electron chi connectivity index (χ3n) is 5.10. The van der Waals surface area contributed by atoms with Crippen LogP contribution in [0.2, 0.25) is 6.04 Å². The molecule has 1 aliphatic rings. The molecule has 21 heavy (non-hydrogen) atoms. The summed E-state index contributed by atoms with van der Waals surface area (Å²) in [5.41, 5.74) is 0.264. The average molecular weight is 296 g/mol. The molecule has 1 fully saturated rings. The molecule has 1 unspecified atom stereocenters. The third-order valence-corrected chi connectivity index (χ3v) is 9.45. The fraction of sp³-hybridized carbons (Fsp3) is 0.368. The Balaban J connectivity index is 2.10. The Morgan fingerprint density at radius 3 is 1.81 bits per heavy atom. The summed E-state index contributed by atoms with van der Waals surface area (Å²) >= 11 is 0. The molecule has 0 N–H and O–H groups in total. The first-order valence-corrected chi connectivity index (χ1v) is 9.91. The van der Waals surface area contributed by atoms with E-state index in [2.05, 4.69) is 81.4 Å². The summed E-state index contributed by atoms with van der Waals surface area (Å²) in [6, 6.07) is 22.9. The molecule has 0 spiro atoms. The maximum atomic E-state index is 6.66.